The summed E-state index contributed by atoms with van der Waals surface area (Å²) in [5, 5.41) is 8.05. The first-order valence-electron chi connectivity index (χ1n) is 5.51. The number of hydrogen-bond donors (Lipinski definition) is 1. The standard InChI is InChI=1S/C7H9NO2.C6H6O3S/c1-6(2)7(9)10-5-3-4-8;7-10(8,9)6-4-2-1-3-5-6/h1,3,5H2,2H3;1-5H,(H,7,8,9). The van der Waals surface area contributed by atoms with Gasteiger partial charge < -0.3 is 4.74 Å². The predicted octanol–water partition coefficient (Wildman–Crippen LogP) is 1.95. The lowest BCUT2D eigenvalue weighted by molar-refractivity contribution is -0.138. The van der Waals surface area contributed by atoms with E-state index in [1.165, 1.54) is 12.1 Å². The van der Waals surface area contributed by atoms with Gasteiger partial charge in [0.1, 0.15) is 6.61 Å². The van der Waals surface area contributed by atoms with E-state index in [1.54, 1.807) is 25.1 Å². The molecule has 1 aromatic rings. The molecule has 6 nitrogen and oxygen atoms in total. The lowest BCUT2D eigenvalue weighted by atomic mass is 10.4. The van der Waals surface area contributed by atoms with Crippen LogP contribution in [0.3, 0.4) is 0 Å². The fourth-order valence-electron chi connectivity index (χ4n) is 0.905. The fourth-order valence-corrected chi connectivity index (χ4v) is 1.41. The largest absolute Gasteiger partial charge is 0.461 e. The highest BCUT2D eigenvalue weighted by Crippen LogP contribution is 2.05. The van der Waals surface area contributed by atoms with Crippen molar-refractivity contribution >= 4 is 16.1 Å². The fraction of sp³-hybridized carbons (Fsp3) is 0.231. The van der Waals surface area contributed by atoms with E-state index in [1.807, 2.05) is 6.07 Å². The van der Waals surface area contributed by atoms with Crippen LogP contribution in [0.25, 0.3) is 0 Å². The van der Waals surface area contributed by atoms with Crippen molar-refractivity contribution in [2.75, 3.05) is 6.61 Å². The van der Waals surface area contributed by atoms with Crippen LogP contribution in [-0.2, 0) is 19.6 Å². The van der Waals surface area contributed by atoms with Crippen molar-refractivity contribution in [1.29, 1.82) is 5.26 Å². The Labute approximate surface area is 118 Å². The van der Waals surface area contributed by atoms with Crippen LogP contribution in [0.1, 0.15) is 13.3 Å². The Morgan fingerprint density at radius 1 is 1.40 bits per heavy atom. The van der Waals surface area contributed by atoms with Crippen LogP contribution < -0.4 is 0 Å². The topological polar surface area (TPSA) is 104 Å². The molecule has 0 atom stereocenters. The zero-order chi connectivity index (χ0) is 15.6. The molecule has 0 aliphatic rings. The van der Waals surface area contributed by atoms with E-state index in [4.69, 9.17) is 9.81 Å². The molecule has 0 saturated carbocycles. The molecule has 0 spiro atoms. The summed E-state index contributed by atoms with van der Waals surface area (Å²) in [5.74, 6) is -0.435. The molecule has 0 heterocycles. The number of carbonyl (C=O) groups excluding carboxylic acids is 1. The van der Waals surface area contributed by atoms with Gasteiger partial charge in [-0.15, -0.1) is 0 Å². The highest BCUT2D eigenvalue weighted by molar-refractivity contribution is 7.85. The molecule has 0 aromatic heterocycles. The van der Waals surface area contributed by atoms with Crippen molar-refractivity contribution in [1.82, 2.24) is 0 Å². The number of ether oxygens (including phenoxy) is 1. The molecular formula is C13H15NO5S. The van der Waals surface area contributed by atoms with Gasteiger partial charge in [0, 0.05) is 5.57 Å². The van der Waals surface area contributed by atoms with Crippen LogP contribution in [0.2, 0.25) is 0 Å². The Balaban J connectivity index is 0.000000361. The van der Waals surface area contributed by atoms with Crippen LogP contribution in [0.5, 0.6) is 0 Å². The summed E-state index contributed by atoms with van der Waals surface area (Å²) in [6.07, 6.45) is 0.235. The number of benzene rings is 1. The second-order valence-corrected chi connectivity index (χ2v) is 5.03. The van der Waals surface area contributed by atoms with Crippen LogP contribution >= 0.6 is 0 Å². The molecule has 0 unspecified atom stereocenters. The molecule has 108 valence electrons. The van der Waals surface area contributed by atoms with E-state index in [0.29, 0.717) is 5.57 Å². The molecule has 20 heavy (non-hydrogen) atoms. The summed E-state index contributed by atoms with van der Waals surface area (Å²) < 4.78 is 33.8. The SMILES string of the molecule is C=C(C)C(=O)OCCC#N.O=S(=O)(O)c1ccccc1. The van der Waals surface area contributed by atoms with Crippen LogP contribution in [0, 0.1) is 11.3 Å². The summed E-state index contributed by atoms with van der Waals surface area (Å²) in [6, 6.07) is 9.28. The number of carbonyl (C=O) groups is 1. The number of rotatable bonds is 4. The summed E-state index contributed by atoms with van der Waals surface area (Å²) in [6.45, 7) is 5.10. The average Bonchev–Trinajstić information content (AvgIpc) is 2.39. The summed E-state index contributed by atoms with van der Waals surface area (Å²) in [7, 11) is -4.00. The summed E-state index contributed by atoms with van der Waals surface area (Å²) >= 11 is 0. The van der Waals surface area contributed by atoms with E-state index in [0.717, 1.165) is 0 Å². The van der Waals surface area contributed by atoms with Gasteiger partial charge in [-0.3, -0.25) is 4.55 Å². The molecule has 0 aliphatic carbocycles. The van der Waals surface area contributed by atoms with Crippen LogP contribution in [0.4, 0.5) is 0 Å². The number of nitrogens with zero attached hydrogens (tertiary/aromatic N) is 1. The normalized spacial score (nSPS) is 9.65. The average molecular weight is 297 g/mol. The van der Waals surface area contributed by atoms with Gasteiger partial charge in [0.05, 0.1) is 17.4 Å². The van der Waals surface area contributed by atoms with Gasteiger partial charge in [0.15, 0.2) is 0 Å². The maximum Gasteiger partial charge on any atom is 0.333 e. The lowest BCUT2D eigenvalue weighted by Gasteiger charge is -1.98. The first-order valence-corrected chi connectivity index (χ1v) is 6.95. The Morgan fingerprint density at radius 3 is 2.30 bits per heavy atom. The molecule has 0 saturated heterocycles. The molecule has 1 aromatic carbocycles. The highest BCUT2D eigenvalue weighted by Gasteiger charge is 2.05. The van der Waals surface area contributed by atoms with Gasteiger partial charge >= 0.3 is 5.97 Å². The van der Waals surface area contributed by atoms with Gasteiger partial charge in [0.25, 0.3) is 10.1 Å². The van der Waals surface area contributed by atoms with E-state index >= 15 is 0 Å². The van der Waals surface area contributed by atoms with E-state index in [2.05, 4.69) is 11.3 Å². The Kier molecular flexibility index (Phi) is 7.89. The molecule has 1 N–H and O–H groups in total. The van der Waals surface area contributed by atoms with Crippen molar-refractivity contribution in [2.24, 2.45) is 0 Å². The quantitative estimate of drug-likeness (QED) is 0.394. The molecular weight excluding hydrogens is 282 g/mol. The second kappa shape index (κ2) is 8.85. The second-order valence-electron chi connectivity index (χ2n) is 3.61. The van der Waals surface area contributed by atoms with E-state index < -0.39 is 16.1 Å². The molecule has 1 rings (SSSR count). The third kappa shape index (κ3) is 8.02. The monoisotopic (exact) mass is 297 g/mol. The molecule has 0 aliphatic heterocycles. The third-order valence-electron chi connectivity index (χ3n) is 1.84. The number of nitriles is 1. The Hall–Kier alpha value is -2.17. The predicted molar refractivity (Wildman–Crippen MR) is 72.3 cm³/mol. The van der Waals surface area contributed by atoms with Crippen molar-refractivity contribution in [2.45, 2.75) is 18.2 Å². The first kappa shape index (κ1) is 17.8. The molecule has 0 fully saturated rings. The number of esters is 1. The van der Waals surface area contributed by atoms with E-state index in [-0.39, 0.29) is 17.9 Å². The van der Waals surface area contributed by atoms with Crippen molar-refractivity contribution in [3.8, 4) is 6.07 Å². The molecule has 0 amide bonds. The van der Waals surface area contributed by atoms with Crippen molar-refractivity contribution in [3.63, 3.8) is 0 Å². The summed E-state index contributed by atoms with van der Waals surface area (Å²) in [4.78, 5) is 10.5. The molecule has 7 heteroatoms. The van der Waals surface area contributed by atoms with Gasteiger partial charge in [-0.25, -0.2) is 4.79 Å². The zero-order valence-corrected chi connectivity index (χ0v) is 11.8. The van der Waals surface area contributed by atoms with Gasteiger partial charge in [0.2, 0.25) is 0 Å². The van der Waals surface area contributed by atoms with Crippen LogP contribution in [0.15, 0.2) is 47.4 Å². The lowest BCUT2D eigenvalue weighted by Crippen LogP contribution is -2.05. The molecule has 0 radical (unpaired) electrons. The van der Waals surface area contributed by atoms with Crippen molar-refractivity contribution in [3.05, 3.63) is 42.5 Å². The maximum absolute atomic E-state index is 10.6. The Morgan fingerprint density at radius 2 is 1.95 bits per heavy atom. The number of hydrogen-bond acceptors (Lipinski definition) is 5. The first-order chi connectivity index (χ1) is 9.29. The van der Waals surface area contributed by atoms with Gasteiger partial charge in [-0.1, -0.05) is 24.8 Å². The van der Waals surface area contributed by atoms with E-state index in [9.17, 15) is 13.2 Å². The minimum atomic E-state index is -4.00. The molecule has 0 bridgehead atoms. The van der Waals surface area contributed by atoms with Crippen LogP contribution in [-0.4, -0.2) is 25.5 Å². The van der Waals surface area contributed by atoms with Gasteiger partial charge in [-0.05, 0) is 19.1 Å². The zero-order valence-electron chi connectivity index (χ0n) is 10.9. The van der Waals surface area contributed by atoms with Gasteiger partial charge in [-0.2, -0.15) is 13.7 Å². The third-order valence-corrected chi connectivity index (χ3v) is 2.70. The minimum Gasteiger partial charge on any atom is -0.461 e. The minimum absolute atomic E-state index is 0.0741. The summed E-state index contributed by atoms with van der Waals surface area (Å²) in [5.41, 5.74) is 0.359. The highest BCUT2D eigenvalue weighted by atomic mass is 32.2. The Bertz CT molecular complexity index is 587. The maximum atomic E-state index is 10.6. The smallest absolute Gasteiger partial charge is 0.333 e. The van der Waals surface area contributed by atoms with Crippen molar-refractivity contribution < 1.29 is 22.5 Å².